The minimum atomic E-state index is -0.462. The van der Waals surface area contributed by atoms with E-state index in [0.29, 0.717) is 18.7 Å². The number of nitrogens with one attached hydrogen (secondary N) is 1. The maximum Gasteiger partial charge on any atom is 0.316 e. The highest BCUT2D eigenvalue weighted by atomic mass is 16.7. The van der Waals surface area contributed by atoms with Gasteiger partial charge in [-0.1, -0.05) is 12.1 Å². The third kappa shape index (κ3) is 4.08. The number of fused-ring (bicyclic) bond motifs is 1. The first-order valence-electron chi connectivity index (χ1n) is 9.56. The summed E-state index contributed by atoms with van der Waals surface area (Å²) in [4.78, 5) is 24.4. The summed E-state index contributed by atoms with van der Waals surface area (Å²) in [6.45, 7) is 2.20. The van der Waals surface area contributed by atoms with Crippen molar-refractivity contribution in [2.24, 2.45) is 0 Å². The average Bonchev–Trinajstić information content (AvgIpc) is 3.42. The standard InChI is InChI=1S/C22H23N3O4/c1-14-4-3-5-18(25-14)16(15-6-9-19-20(12-15)29-13-28-19)7-8-17(22(26)27-2)21-23-10-11-24-21/h3-6,9-12,16-17H,7-8,13H2,1-2H3,(H,23,24). The molecule has 7 nitrogen and oxygen atoms in total. The summed E-state index contributed by atoms with van der Waals surface area (Å²) >= 11 is 0. The fraction of sp³-hybridized carbons (Fsp3) is 0.318. The number of esters is 1. The molecule has 2 unspecified atom stereocenters. The number of imidazole rings is 1. The Bertz CT molecular complexity index is 987. The quantitative estimate of drug-likeness (QED) is 0.616. The van der Waals surface area contributed by atoms with Crippen LogP contribution in [0.15, 0.2) is 48.8 Å². The van der Waals surface area contributed by atoms with Crippen molar-refractivity contribution in [1.82, 2.24) is 15.0 Å². The molecule has 0 saturated carbocycles. The Balaban J connectivity index is 1.64. The topological polar surface area (TPSA) is 86.3 Å². The highest BCUT2D eigenvalue weighted by molar-refractivity contribution is 5.76. The van der Waals surface area contributed by atoms with Gasteiger partial charge in [-0.3, -0.25) is 9.78 Å². The van der Waals surface area contributed by atoms with Crippen LogP contribution in [0.25, 0.3) is 0 Å². The monoisotopic (exact) mass is 393 g/mol. The van der Waals surface area contributed by atoms with Crippen LogP contribution in [0, 0.1) is 6.92 Å². The van der Waals surface area contributed by atoms with E-state index in [1.54, 1.807) is 12.4 Å². The van der Waals surface area contributed by atoms with Gasteiger partial charge in [-0.05, 0) is 49.6 Å². The Morgan fingerprint density at radius 3 is 2.83 bits per heavy atom. The van der Waals surface area contributed by atoms with Crippen LogP contribution in [0.4, 0.5) is 0 Å². The molecule has 0 aliphatic carbocycles. The number of hydrogen-bond acceptors (Lipinski definition) is 6. The molecule has 4 rings (SSSR count). The van der Waals surface area contributed by atoms with E-state index >= 15 is 0 Å². The minimum absolute atomic E-state index is 0.00785. The van der Waals surface area contributed by atoms with Gasteiger partial charge in [0.1, 0.15) is 11.7 Å². The van der Waals surface area contributed by atoms with Crippen LogP contribution in [0.2, 0.25) is 0 Å². The number of nitrogens with zero attached hydrogens (tertiary/aromatic N) is 2. The third-order valence-corrected chi connectivity index (χ3v) is 5.15. The van der Waals surface area contributed by atoms with Crippen molar-refractivity contribution >= 4 is 5.97 Å². The zero-order valence-corrected chi connectivity index (χ0v) is 16.4. The Morgan fingerprint density at radius 2 is 2.07 bits per heavy atom. The lowest BCUT2D eigenvalue weighted by molar-refractivity contribution is -0.142. The molecular weight excluding hydrogens is 370 g/mol. The molecule has 1 aliphatic rings. The van der Waals surface area contributed by atoms with E-state index in [9.17, 15) is 4.79 Å². The fourth-order valence-corrected chi connectivity index (χ4v) is 3.68. The van der Waals surface area contributed by atoms with Crippen molar-refractivity contribution in [3.63, 3.8) is 0 Å². The second-order valence-electron chi connectivity index (χ2n) is 7.00. The molecule has 2 atom stereocenters. The van der Waals surface area contributed by atoms with Crippen LogP contribution >= 0.6 is 0 Å². The number of carbonyl (C=O) groups is 1. The van der Waals surface area contributed by atoms with Gasteiger partial charge in [-0.2, -0.15) is 0 Å². The Kier molecular flexibility index (Phi) is 5.46. The second-order valence-corrected chi connectivity index (χ2v) is 7.00. The number of methoxy groups -OCH3 is 1. The van der Waals surface area contributed by atoms with Gasteiger partial charge in [0.15, 0.2) is 11.5 Å². The first kappa shape index (κ1) is 19.0. The van der Waals surface area contributed by atoms with Crippen LogP contribution in [-0.4, -0.2) is 34.8 Å². The number of aromatic amines is 1. The first-order valence-corrected chi connectivity index (χ1v) is 9.56. The molecule has 0 radical (unpaired) electrons. The number of aryl methyl sites for hydroxylation is 1. The first-order chi connectivity index (χ1) is 14.2. The summed E-state index contributed by atoms with van der Waals surface area (Å²) < 4.78 is 16.0. The maximum atomic E-state index is 12.4. The van der Waals surface area contributed by atoms with E-state index in [-0.39, 0.29) is 18.7 Å². The molecule has 1 N–H and O–H groups in total. The van der Waals surface area contributed by atoms with Gasteiger partial charge in [-0.15, -0.1) is 0 Å². The van der Waals surface area contributed by atoms with Crippen molar-refractivity contribution in [2.75, 3.05) is 13.9 Å². The van der Waals surface area contributed by atoms with Gasteiger partial charge in [0.05, 0.1) is 7.11 Å². The third-order valence-electron chi connectivity index (χ3n) is 5.15. The van der Waals surface area contributed by atoms with Crippen molar-refractivity contribution in [2.45, 2.75) is 31.6 Å². The van der Waals surface area contributed by atoms with Crippen LogP contribution in [0.5, 0.6) is 11.5 Å². The molecule has 150 valence electrons. The molecule has 3 heterocycles. The lowest BCUT2D eigenvalue weighted by atomic mass is 9.87. The maximum absolute atomic E-state index is 12.4. The van der Waals surface area contributed by atoms with Crippen molar-refractivity contribution in [1.29, 1.82) is 0 Å². The Morgan fingerprint density at radius 1 is 1.21 bits per heavy atom. The van der Waals surface area contributed by atoms with E-state index < -0.39 is 5.92 Å². The minimum Gasteiger partial charge on any atom is -0.468 e. The van der Waals surface area contributed by atoms with E-state index in [1.165, 1.54) is 7.11 Å². The van der Waals surface area contributed by atoms with Crippen molar-refractivity contribution in [3.8, 4) is 11.5 Å². The zero-order chi connectivity index (χ0) is 20.2. The molecule has 2 aromatic heterocycles. The van der Waals surface area contributed by atoms with Gasteiger partial charge in [-0.25, -0.2) is 4.98 Å². The smallest absolute Gasteiger partial charge is 0.316 e. The molecule has 0 fully saturated rings. The molecule has 7 heteroatoms. The predicted octanol–water partition coefficient (Wildman–Crippen LogP) is 3.71. The number of hydrogen-bond donors (Lipinski definition) is 1. The molecule has 1 aliphatic heterocycles. The molecule has 0 saturated heterocycles. The summed E-state index contributed by atoms with van der Waals surface area (Å²) in [6, 6.07) is 11.9. The molecular formula is C22H23N3O4. The van der Waals surface area contributed by atoms with Gasteiger partial charge in [0.25, 0.3) is 0 Å². The number of H-pyrrole nitrogens is 1. The van der Waals surface area contributed by atoms with Gasteiger partial charge in [0.2, 0.25) is 6.79 Å². The van der Waals surface area contributed by atoms with Gasteiger partial charge >= 0.3 is 5.97 Å². The fourth-order valence-electron chi connectivity index (χ4n) is 3.68. The lowest BCUT2D eigenvalue weighted by Crippen LogP contribution is -2.17. The highest BCUT2D eigenvalue weighted by Gasteiger charge is 2.27. The molecule has 0 bridgehead atoms. The molecule has 1 aromatic carbocycles. The molecule has 0 spiro atoms. The van der Waals surface area contributed by atoms with E-state index in [1.807, 2.05) is 43.3 Å². The summed E-state index contributed by atoms with van der Waals surface area (Å²) in [5.41, 5.74) is 2.96. The van der Waals surface area contributed by atoms with E-state index in [2.05, 4.69) is 9.97 Å². The summed E-state index contributed by atoms with van der Waals surface area (Å²) in [5.74, 6) is 1.31. The molecule has 0 amide bonds. The zero-order valence-electron chi connectivity index (χ0n) is 16.4. The number of benzene rings is 1. The van der Waals surface area contributed by atoms with Crippen LogP contribution in [-0.2, 0) is 9.53 Å². The number of pyridine rings is 1. The van der Waals surface area contributed by atoms with E-state index in [4.69, 9.17) is 19.2 Å². The number of carbonyl (C=O) groups excluding carboxylic acids is 1. The lowest BCUT2D eigenvalue weighted by Gasteiger charge is -2.20. The van der Waals surface area contributed by atoms with Gasteiger partial charge < -0.3 is 19.2 Å². The van der Waals surface area contributed by atoms with Crippen LogP contribution in [0.3, 0.4) is 0 Å². The summed E-state index contributed by atoms with van der Waals surface area (Å²) in [5, 5.41) is 0. The molecule has 29 heavy (non-hydrogen) atoms. The normalized spacial score (nSPS) is 14.4. The number of rotatable bonds is 7. The van der Waals surface area contributed by atoms with Crippen LogP contribution in [0.1, 0.15) is 47.5 Å². The predicted molar refractivity (Wildman–Crippen MR) is 106 cm³/mol. The second kappa shape index (κ2) is 8.34. The SMILES string of the molecule is COC(=O)C(CCC(c1ccc2c(c1)OCO2)c1cccc(C)n1)c1ncc[nH]1. The summed E-state index contributed by atoms with van der Waals surface area (Å²) in [7, 11) is 1.40. The molecule has 3 aromatic rings. The Hall–Kier alpha value is -3.35. The number of ether oxygens (including phenoxy) is 3. The van der Waals surface area contributed by atoms with Crippen molar-refractivity contribution in [3.05, 3.63) is 71.6 Å². The van der Waals surface area contributed by atoms with Crippen molar-refractivity contribution < 1.29 is 19.0 Å². The van der Waals surface area contributed by atoms with Gasteiger partial charge in [0, 0.05) is 29.7 Å². The van der Waals surface area contributed by atoms with Crippen LogP contribution < -0.4 is 9.47 Å². The summed E-state index contributed by atoms with van der Waals surface area (Å²) in [6.07, 6.45) is 4.61. The highest BCUT2D eigenvalue weighted by Crippen LogP contribution is 2.38. The van der Waals surface area contributed by atoms with E-state index in [0.717, 1.165) is 28.5 Å². The Labute approximate surface area is 169 Å². The number of aromatic nitrogens is 3. The average molecular weight is 393 g/mol. The largest absolute Gasteiger partial charge is 0.468 e.